The highest BCUT2D eigenvalue weighted by molar-refractivity contribution is 5.32. The van der Waals surface area contributed by atoms with Gasteiger partial charge in [-0.3, -0.25) is 11.1 Å². The van der Waals surface area contributed by atoms with Gasteiger partial charge >= 0.3 is 0 Å². The Morgan fingerprint density at radius 3 is 2.09 bits per heavy atom. The van der Waals surface area contributed by atoms with E-state index in [-0.39, 0.29) is 0 Å². The molecule has 1 heterocycles. The maximum Gasteiger partial charge on any atom is 0.172 e. The molecule has 0 aliphatic carbocycles. The van der Waals surface area contributed by atoms with Gasteiger partial charge in [-0.15, -0.1) is 0 Å². The first-order chi connectivity index (χ1) is 11.3. The molecule has 3 N–H and O–H groups in total. The zero-order valence-electron chi connectivity index (χ0n) is 13.6. The van der Waals surface area contributed by atoms with Crippen LogP contribution in [0.1, 0.15) is 42.7 Å². The monoisotopic (exact) mass is 310 g/mol. The van der Waals surface area contributed by atoms with Crippen molar-refractivity contribution in [1.29, 1.82) is 0 Å². The molecule has 0 aromatic heterocycles. The molecule has 0 spiro atoms. The van der Waals surface area contributed by atoms with Crippen LogP contribution in [-0.4, -0.2) is 19.0 Å². The molecule has 3 nitrogen and oxygen atoms in total. The van der Waals surface area contributed by atoms with Crippen molar-refractivity contribution in [3.8, 4) is 0 Å². The third-order valence-electron chi connectivity index (χ3n) is 4.56. The van der Waals surface area contributed by atoms with Gasteiger partial charge in [-0.05, 0) is 36.9 Å². The molecule has 2 aromatic carbocycles. The SMILES string of the molecule is NC1(NCCC(c2ccccc2)c2ccccc2)CCCCO1. The Kier molecular flexibility index (Phi) is 5.44. The Morgan fingerprint density at radius 2 is 1.57 bits per heavy atom. The van der Waals surface area contributed by atoms with Gasteiger partial charge in [0.05, 0.1) is 6.61 Å². The number of rotatable bonds is 6. The lowest BCUT2D eigenvalue weighted by molar-refractivity contribution is -0.0972. The number of nitrogens with two attached hydrogens (primary N) is 1. The van der Waals surface area contributed by atoms with Crippen LogP contribution in [0.3, 0.4) is 0 Å². The van der Waals surface area contributed by atoms with E-state index >= 15 is 0 Å². The van der Waals surface area contributed by atoms with E-state index in [2.05, 4.69) is 66.0 Å². The van der Waals surface area contributed by atoms with Crippen molar-refractivity contribution in [1.82, 2.24) is 5.32 Å². The molecule has 1 atom stereocenters. The Hall–Kier alpha value is -1.68. The molecule has 1 aliphatic heterocycles. The Morgan fingerprint density at radius 1 is 0.957 bits per heavy atom. The van der Waals surface area contributed by atoms with E-state index in [9.17, 15) is 0 Å². The van der Waals surface area contributed by atoms with E-state index in [1.165, 1.54) is 11.1 Å². The number of hydrogen-bond acceptors (Lipinski definition) is 3. The van der Waals surface area contributed by atoms with Crippen molar-refractivity contribution in [3.63, 3.8) is 0 Å². The largest absolute Gasteiger partial charge is 0.347 e. The quantitative estimate of drug-likeness (QED) is 0.801. The van der Waals surface area contributed by atoms with Gasteiger partial charge < -0.3 is 4.74 Å². The van der Waals surface area contributed by atoms with Gasteiger partial charge in [0, 0.05) is 12.3 Å². The molecule has 122 valence electrons. The molecular formula is C20H26N2O. The third kappa shape index (κ3) is 4.41. The van der Waals surface area contributed by atoms with E-state index in [0.29, 0.717) is 5.92 Å². The summed E-state index contributed by atoms with van der Waals surface area (Å²) >= 11 is 0. The average molecular weight is 310 g/mol. The third-order valence-corrected chi connectivity index (χ3v) is 4.56. The molecular weight excluding hydrogens is 284 g/mol. The molecule has 1 fully saturated rings. The fourth-order valence-electron chi connectivity index (χ4n) is 3.28. The molecule has 23 heavy (non-hydrogen) atoms. The summed E-state index contributed by atoms with van der Waals surface area (Å²) in [5, 5.41) is 3.42. The van der Waals surface area contributed by atoms with Crippen molar-refractivity contribution in [2.24, 2.45) is 5.73 Å². The second-order valence-corrected chi connectivity index (χ2v) is 6.28. The van der Waals surface area contributed by atoms with Gasteiger partial charge in [0.2, 0.25) is 0 Å². The van der Waals surface area contributed by atoms with Gasteiger partial charge in [-0.2, -0.15) is 0 Å². The van der Waals surface area contributed by atoms with Gasteiger partial charge in [0.25, 0.3) is 0 Å². The van der Waals surface area contributed by atoms with Crippen LogP contribution in [0.15, 0.2) is 60.7 Å². The standard InChI is InChI=1S/C20H26N2O/c21-20(14-7-8-16-23-20)22-15-13-19(17-9-3-1-4-10-17)18-11-5-2-6-12-18/h1-6,9-12,19,22H,7-8,13-16,21H2. The summed E-state index contributed by atoms with van der Waals surface area (Å²) in [5.74, 6) is -0.270. The number of nitrogens with one attached hydrogen (secondary N) is 1. The van der Waals surface area contributed by atoms with E-state index in [4.69, 9.17) is 10.5 Å². The Bertz CT molecular complexity index is 540. The number of benzene rings is 2. The minimum atomic E-state index is -0.643. The Labute approximate surface area is 138 Å². The maximum absolute atomic E-state index is 6.29. The lowest BCUT2D eigenvalue weighted by Gasteiger charge is -2.34. The van der Waals surface area contributed by atoms with Crippen molar-refractivity contribution in [3.05, 3.63) is 71.8 Å². The molecule has 0 amide bonds. The normalized spacial score (nSPS) is 21.5. The van der Waals surface area contributed by atoms with Gasteiger partial charge in [-0.1, -0.05) is 60.7 Å². The summed E-state index contributed by atoms with van der Waals surface area (Å²) < 4.78 is 5.73. The van der Waals surface area contributed by atoms with Crippen molar-refractivity contribution >= 4 is 0 Å². The van der Waals surface area contributed by atoms with Crippen LogP contribution in [0.25, 0.3) is 0 Å². The summed E-state index contributed by atoms with van der Waals surface area (Å²) in [4.78, 5) is 0. The van der Waals surface area contributed by atoms with Crippen LogP contribution >= 0.6 is 0 Å². The summed E-state index contributed by atoms with van der Waals surface area (Å²) in [6.45, 7) is 1.59. The molecule has 0 saturated carbocycles. The first kappa shape index (κ1) is 16.2. The second kappa shape index (κ2) is 7.73. The van der Waals surface area contributed by atoms with Crippen molar-refractivity contribution < 1.29 is 4.74 Å². The second-order valence-electron chi connectivity index (χ2n) is 6.28. The highest BCUT2D eigenvalue weighted by atomic mass is 16.5. The van der Waals surface area contributed by atoms with E-state index in [1.807, 2.05) is 0 Å². The molecule has 2 aromatic rings. The highest BCUT2D eigenvalue weighted by Gasteiger charge is 2.28. The predicted octanol–water partition coefficient (Wildman–Crippen LogP) is 3.61. The molecule has 1 unspecified atom stereocenters. The number of hydrogen-bond donors (Lipinski definition) is 2. The average Bonchev–Trinajstić information content (AvgIpc) is 2.61. The molecule has 1 aliphatic rings. The molecule has 3 rings (SSSR count). The lowest BCUT2D eigenvalue weighted by atomic mass is 9.88. The minimum absolute atomic E-state index is 0.372. The van der Waals surface area contributed by atoms with Crippen LogP contribution in [0.4, 0.5) is 0 Å². The molecule has 1 saturated heterocycles. The smallest absolute Gasteiger partial charge is 0.172 e. The summed E-state index contributed by atoms with van der Waals surface area (Å²) in [5.41, 5.74) is 8.98. The van der Waals surface area contributed by atoms with Crippen LogP contribution in [-0.2, 0) is 4.74 Å². The number of ether oxygens (including phenoxy) is 1. The Balaban J connectivity index is 1.67. The van der Waals surface area contributed by atoms with E-state index in [0.717, 1.165) is 38.8 Å². The first-order valence-corrected chi connectivity index (χ1v) is 8.55. The van der Waals surface area contributed by atoms with Crippen LogP contribution in [0.5, 0.6) is 0 Å². The van der Waals surface area contributed by atoms with Crippen molar-refractivity contribution in [2.75, 3.05) is 13.2 Å². The van der Waals surface area contributed by atoms with Gasteiger partial charge in [0.15, 0.2) is 5.85 Å². The van der Waals surface area contributed by atoms with Gasteiger partial charge in [0.1, 0.15) is 0 Å². The first-order valence-electron chi connectivity index (χ1n) is 8.55. The fourth-order valence-corrected chi connectivity index (χ4v) is 3.28. The van der Waals surface area contributed by atoms with Gasteiger partial charge in [-0.25, -0.2) is 0 Å². The summed E-state index contributed by atoms with van der Waals surface area (Å²) in [6.07, 6.45) is 4.12. The van der Waals surface area contributed by atoms with Crippen LogP contribution < -0.4 is 11.1 Å². The van der Waals surface area contributed by atoms with E-state index in [1.54, 1.807) is 0 Å². The predicted molar refractivity (Wildman–Crippen MR) is 94.1 cm³/mol. The van der Waals surface area contributed by atoms with Crippen molar-refractivity contribution in [2.45, 2.75) is 37.5 Å². The molecule has 3 heteroatoms. The minimum Gasteiger partial charge on any atom is -0.347 e. The van der Waals surface area contributed by atoms with Crippen LogP contribution in [0.2, 0.25) is 0 Å². The summed E-state index contributed by atoms with van der Waals surface area (Å²) in [7, 11) is 0. The topological polar surface area (TPSA) is 47.3 Å². The molecule has 0 bridgehead atoms. The van der Waals surface area contributed by atoms with E-state index < -0.39 is 5.85 Å². The zero-order chi connectivity index (χ0) is 16.0. The highest BCUT2D eigenvalue weighted by Crippen LogP contribution is 2.28. The fraction of sp³-hybridized carbons (Fsp3) is 0.400. The van der Waals surface area contributed by atoms with Crippen LogP contribution in [0, 0.1) is 0 Å². The molecule has 0 radical (unpaired) electrons. The summed E-state index contributed by atoms with van der Waals surface area (Å²) in [6, 6.07) is 21.4. The zero-order valence-corrected chi connectivity index (χ0v) is 13.6. The lowest BCUT2D eigenvalue weighted by Crippen LogP contribution is -2.57. The maximum atomic E-state index is 6.29.